The van der Waals surface area contributed by atoms with Gasteiger partial charge in [-0.2, -0.15) is 0 Å². The van der Waals surface area contributed by atoms with Crippen molar-refractivity contribution in [2.24, 2.45) is 5.16 Å². The van der Waals surface area contributed by atoms with Gasteiger partial charge >= 0.3 is 0 Å². The van der Waals surface area contributed by atoms with E-state index in [4.69, 9.17) is 0 Å². The molecule has 0 aliphatic carbocycles. The third kappa shape index (κ3) is 3.91. The fraction of sp³-hybridized carbons (Fsp3) is 0.133. The number of hydrogen-bond acceptors (Lipinski definition) is 4. The van der Waals surface area contributed by atoms with Crippen LogP contribution >= 0.6 is 0 Å². The van der Waals surface area contributed by atoms with Crippen molar-refractivity contribution in [3.8, 4) is 0 Å². The van der Waals surface area contributed by atoms with Crippen LogP contribution in [0.4, 0.5) is 0 Å². The lowest BCUT2D eigenvalue weighted by atomic mass is 10.1. The number of rotatable bonds is 5. The molecule has 1 aromatic heterocycles. The Labute approximate surface area is 117 Å². The first-order valence-corrected chi connectivity index (χ1v) is 6.13. The second-order valence-corrected chi connectivity index (χ2v) is 4.08. The molecule has 0 spiro atoms. The van der Waals surface area contributed by atoms with Crippen molar-refractivity contribution in [3.05, 3.63) is 65.5 Å². The molecule has 5 nitrogen and oxygen atoms in total. The average Bonchev–Trinajstić information content (AvgIpc) is 2.52. The van der Waals surface area contributed by atoms with Crippen LogP contribution in [0.3, 0.4) is 0 Å². The van der Waals surface area contributed by atoms with Crippen LogP contribution < -0.4 is 5.32 Å². The monoisotopic (exact) mass is 269 g/mol. The number of aromatic nitrogens is 1. The van der Waals surface area contributed by atoms with Crippen LogP contribution in [-0.2, 0) is 11.4 Å². The van der Waals surface area contributed by atoms with E-state index in [1.807, 2.05) is 24.3 Å². The minimum atomic E-state index is -0.121. The van der Waals surface area contributed by atoms with Crippen LogP contribution in [0.1, 0.15) is 21.5 Å². The van der Waals surface area contributed by atoms with Crippen LogP contribution in [-0.4, -0.2) is 24.2 Å². The van der Waals surface area contributed by atoms with Crippen molar-refractivity contribution in [2.45, 2.75) is 6.54 Å². The van der Waals surface area contributed by atoms with Gasteiger partial charge < -0.3 is 10.2 Å². The molecule has 0 aliphatic rings. The Balaban J connectivity index is 1.94. The van der Waals surface area contributed by atoms with Gasteiger partial charge in [0.15, 0.2) is 0 Å². The van der Waals surface area contributed by atoms with E-state index in [0.717, 1.165) is 11.1 Å². The number of carbonyl (C=O) groups excluding carboxylic acids is 1. The van der Waals surface area contributed by atoms with E-state index >= 15 is 0 Å². The third-order valence-electron chi connectivity index (χ3n) is 2.66. The quantitative estimate of drug-likeness (QED) is 0.667. The number of nitrogens with one attached hydrogen (secondary N) is 1. The van der Waals surface area contributed by atoms with E-state index in [-0.39, 0.29) is 5.91 Å². The van der Waals surface area contributed by atoms with Crippen LogP contribution in [0.15, 0.2) is 53.9 Å². The fourth-order valence-corrected chi connectivity index (χ4v) is 1.62. The predicted octanol–water partition coefficient (Wildman–Crippen LogP) is 1.99. The van der Waals surface area contributed by atoms with Gasteiger partial charge in [-0.05, 0) is 29.3 Å². The van der Waals surface area contributed by atoms with Crippen molar-refractivity contribution in [1.82, 2.24) is 10.3 Å². The molecule has 0 saturated carbocycles. The first-order chi connectivity index (χ1) is 9.79. The summed E-state index contributed by atoms with van der Waals surface area (Å²) in [6.07, 6.45) is 5.01. The first-order valence-electron chi connectivity index (χ1n) is 6.13. The summed E-state index contributed by atoms with van der Waals surface area (Å²) in [7, 11) is 1.48. The summed E-state index contributed by atoms with van der Waals surface area (Å²) in [6, 6.07) is 10.9. The van der Waals surface area contributed by atoms with E-state index < -0.39 is 0 Å². The van der Waals surface area contributed by atoms with Gasteiger partial charge in [0.1, 0.15) is 7.11 Å². The van der Waals surface area contributed by atoms with Gasteiger partial charge in [-0.1, -0.05) is 23.4 Å². The lowest BCUT2D eigenvalue weighted by Crippen LogP contribution is -2.22. The Morgan fingerprint density at radius 1 is 1.35 bits per heavy atom. The predicted molar refractivity (Wildman–Crippen MR) is 76.5 cm³/mol. The summed E-state index contributed by atoms with van der Waals surface area (Å²) in [5.74, 6) is -0.121. The smallest absolute Gasteiger partial charge is 0.251 e. The number of nitrogens with zero attached hydrogens (tertiary/aromatic N) is 2. The zero-order valence-electron chi connectivity index (χ0n) is 11.1. The molecule has 0 fully saturated rings. The molecule has 2 aromatic rings. The third-order valence-corrected chi connectivity index (χ3v) is 2.66. The SMILES string of the molecule is CO/N=C/c1ccc(C(=O)NCc2cccnc2)cc1. The van der Waals surface area contributed by atoms with Gasteiger partial charge in [0, 0.05) is 24.5 Å². The summed E-state index contributed by atoms with van der Waals surface area (Å²) in [4.78, 5) is 20.5. The molecule has 1 N–H and O–H groups in total. The van der Waals surface area contributed by atoms with Crippen LogP contribution in [0, 0.1) is 0 Å². The van der Waals surface area contributed by atoms with Gasteiger partial charge in [0.05, 0.1) is 6.21 Å². The Morgan fingerprint density at radius 3 is 2.80 bits per heavy atom. The maximum Gasteiger partial charge on any atom is 0.251 e. The molecule has 0 saturated heterocycles. The fourth-order valence-electron chi connectivity index (χ4n) is 1.62. The minimum absolute atomic E-state index is 0.121. The van der Waals surface area contributed by atoms with E-state index in [9.17, 15) is 4.79 Å². The molecule has 2 rings (SSSR count). The summed E-state index contributed by atoms with van der Waals surface area (Å²) in [5, 5.41) is 6.50. The summed E-state index contributed by atoms with van der Waals surface area (Å²) in [5.41, 5.74) is 2.43. The Hall–Kier alpha value is -2.69. The molecule has 102 valence electrons. The molecule has 0 radical (unpaired) electrons. The Morgan fingerprint density at radius 2 is 2.15 bits per heavy atom. The summed E-state index contributed by atoms with van der Waals surface area (Å²) < 4.78 is 0. The number of benzene rings is 1. The lowest BCUT2D eigenvalue weighted by Gasteiger charge is -2.05. The number of pyridine rings is 1. The molecule has 5 heteroatoms. The molecule has 0 atom stereocenters. The first kappa shape index (κ1) is 13.7. The Kier molecular flexibility index (Phi) is 4.83. The number of amides is 1. The van der Waals surface area contributed by atoms with Gasteiger partial charge in [-0.3, -0.25) is 9.78 Å². The van der Waals surface area contributed by atoms with Crippen molar-refractivity contribution >= 4 is 12.1 Å². The zero-order chi connectivity index (χ0) is 14.2. The number of hydrogen-bond donors (Lipinski definition) is 1. The number of carbonyl (C=O) groups is 1. The molecule has 0 unspecified atom stereocenters. The van der Waals surface area contributed by atoms with E-state index in [0.29, 0.717) is 12.1 Å². The van der Waals surface area contributed by atoms with E-state index in [1.54, 1.807) is 30.7 Å². The van der Waals surface area contributed by atoms with Gasteiger partial charge in [-0.25, -0.2) is 0 Å². The maximum atomic E-state index is 12.0. The van der Waals surface area contributed by atoms with Gasteiger partial charge in [-0.15, -0.1) is 0 Å². The van der Waals surface area contributed by atoms with E-state index in [2.05, 4.69) is 20.3 Å². The molecule has 20 heavy (non-hydrogen) atoms. The van der Waals surface area contributed by atoms with E-state index in [1.165, 1.54) is 7.11 Å². The Bertz CT molecular complexity index is 580. The van der Waals surface area contributed by atoms with Crippen molar-refractivity contribution in [2.75, 3.05) is 7.11 Å². The van der Waals surface area contributed by atoms with Crippen molar-refractivity contribution in [1.29, 1.82) is 0 Å². The van der Waals surface area contributed by atoms with Crippen LogP contribution in [0.25, 0.3) is 0 Å². The second-order valence-electron chi connectivity index (χ2n) is 4.08. The van der Waals surface area contributed by atoms with Gasteiger partial charge in [0.2, 0.25) is 0 Å². The molecular weight excluding hydrogens is 254 g/mol. The highest BCUT2D eigenvalue weighted by Gasteiger charge is 2.04. The highest BCUT2D eigenvalue weighted by atomic mass is 16.6. The average molecular weight is 269 g/mol. The van der Waals surface area contributed by atoms with Crippen LogP contribution in [0.2, 0.25) is 0 Å². The molecule has 0 aliphatic heterocycles. The van der Waals surface area contributed by atoms with Gasteiger partial charge in [0.25, 0.3) is 5.91 Å². The molecule has 1 aromatic carbocycles. The molecule has 1 heterocycles. The molecular formula is C15H15N3O2. The summed E-state index contributed by atoms with van der Waals surface area (Å²) >= 11 is 0. The minimum Gasteiger partial charge on any atom is -0.399 e. The normalized spacial score (nSPS) is 10.4. The highest BCUT2D eigenvalue weighted by molar-refractivity contribution is 5.94. The maximum absolute atomic E-state index is 12.0. The lowest BCUT2D eigenvalue weighted by molar-refractivity contribution is 0.0951. The number of oxime groups is 1. The van der Waals surface area contributed by atoms with Crippen molar-refractivity contribution < 1.29 is 9.63 Å². The zero-order valence-corrected chi connectivity index (χ0v) is 11.1. The standard InChI is InChI=1S/C15H15N3O2/c1-20-18-11-12-4-6-14(7-5-12)15(19)17-10-13-3-2-8-16-9-13/h2-9,11H,10H2,1H3,(H,17,19)/b18-11+. The summed E-state index contributed by atoms with van der Waals surface area (Å²) in [6.45, 7) is 0.458. The highest BCUT2D eigenvalue weighted by Crippen LogP contribution is 2.03. The van der Waals surface area contributed by atoms with Crippen LogP contribution in [0.5, 0.6) is 0 Å². The topological polar surface area (TPSA) is 63.6 Å². The second kappa shape index (κ2) is 7.04. The van der Waals surface area contributed by atoms with Crippen molar-refractivity contribution in [3.63, 3.8) is 0 Å². The molecule has 1 amide bonds. The largest absolute Gasteiger partial charge is 0.399 e. The molecule has 0 bridgehead atoms.